The fraction of sp³-hybridized carbons (Fsp3) is 0.138. The highest BCUT2D eigenvalue weighted by molar-refractivity contribution is 9.10. The molecule has 0 spiro atoms. The predicted octanol–water partition coefficient (Wildman–Crippen LogP) is 6.57. The molecule has 0 saturated heterocycles. The number of benzene rings is 3. The summed E-state index contributed by atoms with van der Waals surface area (Å²) in [5.74, 6) is -0.0574. The summed E-state index contributed by atoms with van der Waals surface area (Å²) in [6.07, 6.45) is 4.69. The molecule has 0 saturated carbocycles. The molecule has 1 amide bonds. The number of anilines is 1. The van der Waals surface area contributed by atoms with Crippen molar-refractivity contribution in [3.8, 4) is 28.4 Å². The van der Waals surface area contributed by atoms with Crippen LogP contribution in [-0.4, -0.2) is 31.1 Å². The van der Waals surface area contributed by atoms with Gasteiger partial charge in [0.1, 0.15) is 0 Å². The Hall–Kier alpha value is -4.17. The van der Waals surface area contributed by atoms with Gasteiger partial charge in [0, 0.05) is 28.4 Å². The molecule has 3 aromatic carbocycles. The lowest BCUT2D eigenvalue weighted by Crippen LogP contribution is -2.10. The third-order valence-corrected chi connectivity index (χ3v) is 6.27. The number of esters is 1. The van der Waals surface area contributed by atoms with Gasteiger partial charge in [-0.2, -0.15) is 0 Å². The number of fused-ring (bicyclic) bond motifs is 1. The molecule has 0 atom stereocenters. The van der Waals surface area contributed by atoms with Crippen molar-refractivity contribution in [1.82, 2.24) is 4.98 Å². The number of carbonyl (C=O) groups excluding carboxylic acids is 2. The number of pyridine rings is 1. The van der Waals surface area contributed by atoms with E-state index in [-0.39, 0.29) is 11.7 Å². The summed E-state index contributed by atoms with van der Waals surface area (Å²) in [7, 11) is 2.92. The normalized spacial score (nSPS) is 10.9. The summed E-state index contributed by atoms with van der Waals surface area (Å²) < 4.78 is 16.8. The summed E-state index contributed by atoms with van der Waals surface area (Å²) >= 11 is 3.64. The fourth-order valence-electron chi connectivity index (χ4n) is 3.94. The SMILES string of the molecule is COc1cc(C=CC(=O)Nc2cnc3ccc(C)cc3c2-c2ccccc2Br)cc(OC)c1OC(C)=O. The molecule has 1 N–H and O–H groups in total. The first-order valence-corrected chi connectivity index (χ1v) is 12.2. The van der Waals surface area contributed by atoms with E-state index < -0.39 is 5.97 Å². The molecule has 0 aliphatic carbocycles. The molecule has 1 heterocycles. The van der Waals surface area contributed by atoms with Crippen molar-refractivity contribution in [3.63, 3.8) is 0 Å². The second-order valence-corrected chi connectivity index (χ2v) is 9.07. The van der Waals surface area contributed by atoms with Crippen LogP contribution in [0, 0.1) is 6.92 Å². The molecule has 0 unspecified atom stereocenters. The van der Waals surface area contributed by atoms with Crippen LogP contribution in [0.1, 0.15) is 18.1 Å². The first-order chi connectivity index (χ1) is 17.8. The lowest BCUT2D eigenvalue weighted by molar-refractivity contribution is -0.132. The van der Waals surface area contributed by atoms with Gasteiger partial charge in [-0.15, -0.1) is 0 Å². The summed E-state index contributed by atoms with van der Waals surface area (Å²) in [6, 6.07) is 17.2. The van der Waals surface area contributed by atoms with Gasteiger partial charge in [-0.05, 0) is 54.5 Å². The quantitative estimate of drug-likeness (QED) is 0.156. The van der Waals surface area contributed by atoms with E-state index in [1.54, 1.807) is 24.4 Å². The van der Waals surface area contributed by atoms with E-state index in [0.29, 0.717) is 22.7 Å². The molecule has 0 radical (unpaired) electrons. The number of methoxy groups -OCH3 is 2. The summed E-state index contributed by atoms with van der Waals surface area (Å²) in [5.41, 5.74) is 4.94. The Morgan fingerprint density at radius 3 is 2.35 bits per heavy atom. The molecule has 37 heavy (non-hydrogen) atoms. The number of halogens is 1. The predicted molar refractivity (Wildman–Crippen MR) is 148 cm³/mol. The monoisotopic (exact) mass is 560 g/mol. The van der Waals surface area contributed by atoms with Gasteiger partial charge in [0.05, 0.1) is 31.6 Å². The van der Waals surface area contributed by atoms with Crippen LogP contribution in [0.5, 0.6) is 17.2 Å². The van der Waals surface area contributed by atoms with Crippen LogP contribution in [0.3, 0.4) is 0 Å². The average molecular weight is 561 g/mol. The zero-order valence-electron chi connectivity index (χ0n) is 20.8. The Kier molecular flexibility index (Phi) is 7.89. The Balaban J connectivity index is 1.70. The van der Waals surface area contributed by atoms with Gasteiger partial charge in [-0.25, -0.2) is 0 Å². The molecule has 7 nitrogen and oxygen atoms in total. The van der Waals surface area contributed by atoms with Crippen molar-refractivity contribution in [2.75, 3.05) is 19.5 Å². The maximum absolute atomic E-state index is 13.0. The van der Waals surface area contributed by atoms with Crippen LogP contribution in [0.15, 0.2) is 71.3 Å². The highest BCUT2D eigenvalue weighted by Gasteiger charge is 2.17. The highest BCUT2D eigenvalue weighted by Crippen LogP contribution is 2.40. The number of carbonyl (C=O) groups is 2. The van der Waals surface area contributed by atoms with Crippen LogP contribution in [0.4, 0.5) is 5.69 Å². The average Bonchev–Trinajstić information content (AvgIpc) is 2.88. The van der Waals surface area contributed by atoms with Gasteiger partial charge in [0.2, 0.25) is 11.7 Å². The summed E-state index contributed by atoms with van der Waals surface area (Å²) in [6.45, 7) is 3.31. The fourth-order valence-corrected chi connectivity index (χ4v) is 4.43. The Morgan fingerprint density at radius 2 is 1.70 bits per heavy atom. The minimum absolute atomic E-state index is 0.176. The van der Waals surface area contributed by atoms with Gasteiger partial charge in [0.25, 0.3) is 0 Å². The molecule has 1 aromatic heterocycles. The minimum Gasteiger partial charge on any atom is -0.493 e. The third kappa shape index (κ3) is 5.81. The van der Waals surface area contributed by atoms with Crippen LogP contribution in [-0.2, 0) is 9.59 Å². The molecule has 0 bridgehead atoms. The molecule has 188 valence electrons. The number of amides is 1. The lowest BCUT2D eigenvalue weighted by atomic mass is 9.98. The van der Waals surface area contributed by atoms with Crippen LogP contribution in [0.2, 0.25) is 0 Å². The molecule has 0 aliphatic rings. The van der Waals surface area contributed by atoms with Gasteiger partial charge in [-0.3, -0.25) is 14.6 Å². The number of ether oxygens (including phenoxy) is 3. The largest absolute Gasteiger partial charge is 0.493 e. The number of aryl methyl sites for hydroxylation is 1. The zero-order chi connectivity index (χ0) is 26.5. The van der Waals surface area contributed by atoms with E-state index in [9.17, 15) is 9.59 Å². The second-order valence-electron chi connectivity index (χ2n) is 8.22. The topological polar surface area (TPSA) is 86.8 Å². The maximum Gasteiger partial charge on any atom is 0.308 e. The molecule has 8 heteroatoms. The molecular weight excluding hydrogens is 536 g/mol. The van der Waals surface area contributed by atoms with Crippen molar-refractivity contribution < 1.29 is 23.8 Å². The van der Waals surface area contributed by atoms with Gasteiger partial charge >= 0.3 is 5.97 Å². The van der Waals surface area contributed by atoms with Crippen molar-refractivity contribution in [2.24, 2.45) is 0 Å². The van der Waals surface area contributed by atoms with Crippen molar-refractivity contribution >= 4 is 50.5 Å². The Morgan fingerprint density at radius 1 is 1.00 bits per heavy atom. The highest BCUT2D eigenvalue weighted by atomic mass is 79.9. The van der Waals surface area contributed by atoms with E-state index in [0.717, 1.165) is 32.1 Å². The standard InChI is InChI=1S/C29H25BrN2O5/c1-17-9-11-23-21(13-17)28(20-7-5-6-8-22(20)30)24(16-31-23)32-27(34)12-10-19-14-25(35-3)29(37-18(2)33)26(15-19)36-4/h5-16H,1-4H3,(H,32,34). The molecule has 4 aromatic rings. The smallest absolute Gasteiger partial charge is 0.308 e. The first-order valence-electron chi connectivity index (χ1n) is 11.4. The Labute approximate surface area is 223 Å². The van der Waals surface area contributed by atoms with E-state index in [1.807, 2.05) is 43.3 Å². The zero-order valence-corrected chi connectivity index (χ0v) is 22.4. The maximum atomic E-state index is 13.0. The number of nitrogens with zero attached hydrogens (tertiary/aromatic N) is 1. The van der Waals surface area contributed by atoms with Crippen molar-refractivity contribution in [2.45, 2.75) is 13.8 Å². The van der Waals surface area contributed by atoms with Gasteiger partial charge in [-0.1, -0.05) is 45.8 Å². The number of rotatable bonds is 7. The van der Waals surface area contributed by atoms with Crippen molar-refractivity contribution in [3.05, 3.63) is 82.5 Å². The molecular formula is C29H25BrN2O5. The molecule has 0 fully saturated rings. The van der Waals surface area contributed by atoms with Gasteiger partial charge in [0.15, 0.2) is 11.5 Å². The van der Waals surface area contributed by atoms with Crippen LogP contribution < -0.4 is 19.5 Å². The number of hydrogen-bond acceptors (Lipinski definition) is 6. The first kappa shape index (κ1) is 25.9. The molecule has 0 aliphatic heterocycles. The lowest BCUT2D eigenvalue weighted by Gasteiger charge is -2.15. The van der Waals surface area contributed by atoms with E-state index in [4.69, 9.17) is 14.2 Å². The van der Waals surface area contributed by atoms with Gasteiger partial charge < -0.3 is 19.5 Å². The third-order valence-electron chi connectivity index (χ3n) is 5.58. The number of hydrogen-bond donors (Lipinski definition) is 1. The van der Waals surface area contributed by atoms with E-state index in [2.05, 4.69) is 32.3 Å². The second kappa shape index (κ2) is 11.3. The summed E-state index contributed by atoms with van der Waals surface area (Å²) in [5, 5.41) is 3.91. The Bertz CT molecular complexity index is 1510. The van der Waals surface area contributed by atoms with Crippen LogP contribution >= 0.6 is 15.9 Å². The number of nitrogens with one attached hydrogen (secondary N) is 1. The van der Waals surface area contributed by atoms with Crippen LogP contribution in [0.25, 0.3) is 28.1 Å². The number of aromatic nitrogens is 1. The van der Waals surface area contributed by atoms with E-state index in [1.165, 1.54) is 27.2 Å². The van der Waals surface area contributed by atoms with E-state index >= 15 is 0 Å². The molecule has 4 rings (SSSR count). The minimum atomic E-state index is -0.501. The summed E-state index contributed by atoms with van der Waals surface area (Å²) in [4.78, 5) is 29.0. The van der Waals surface area contributed by atoms with Crippen molar-refractivity contribution in [1.29, 1.82) is 0 Å².